The molecule has 1 aliphatic rings. The first-order valence-electron chi connectivity index (χ1n) is 8.47. The van der Waals surface area contributed by atoms with Crippen LogP contribution in [0.15, 0.2) is 37.3 Å². The first-order chi connectivity index (χ1) is 12.7. The van der Waals surface area contributed by atoms with Gasteiger partial charge in [-0.2, -0.15) is 11.8 Å². The summed E-state index contributed by atoms with van der Waals surface area (Å²) < 4.78 is 54.8. The Morgan fingerprint density at radius 2 is 2.18 bits per heavy atom. The van der Waals surface area contributed by atoms with E-state index in [1.165, 1.54) is 6.07 Å². The summed E-state index contributed by atoms with van der Waals surface area (Å²) in [6.45, 7) is 2.59. The van der Waals surface area contributed by atoms with Crippen molar-refractivity contribution in [1.29, 1.82) is 0 Å². The van der Waals surface area contributed by atoms with Gasteiger partial charge in [-0.05, 0) is 43.3 Å². The second kappa shape index (κ2) is 9.50. The smallest absolute Gasteiger partial charge is 0.247 e. The van der Waals surface area contributed by atoms with Crippen LogP contribution < -0.4 is 10.5 Å². The second-order valence-electron chi connectivity index (χ2n) is 6.29. The van der Waals surface area contributed by atoms with E-state index >= 15 is 0 Å². The predicted molar refractivity (Wildman–Crippen MR) is 114 cm³/mol. The van der Waals surface area contributed by atoms with E-state index in [0.717, 1.165) is 17.1 Å². The molecule has 2 atom stereocenters. The van der Waals surface area contributed by atoms with Crippen molar-refractivity contribution in [3.63, 3.8) is 0 Å². The number of nitrogens with one attached hydrogen (secondary N) is 1. The number of halogens is 1. The van der Waals surface area contributed by atoms with Crippen LogP contribution >= 0.6 is 35.5 Å². The van der Waals surface area contributed by atoms with Crippen LogP contribution in [0.5, 0.6) is 0 Å². The molecule has 28 heavy (non-hydrogen) atoms. The Hall–Kier alpha value is -0.560. The Bertz CT molecular complexity index is 986. The third-order valence-electron chi connectivity index (χ3n) is 4.41. The van der Waals surface area contributed by atoms with E-state index in [1.54, 1.807) is 18.0 Å². The van der Waals surface area contributed by atoms with E-state index in [-0.39, 0.29) is 26.9 Å². The molecule has 3 N–H and O–H groups in total. The van der Waals surface area contributed by atoms with Crippen molar-refractivity contribution >= 4 is 55.4 Å². The highest BCUT2D eigenvalue weighted by Gasteiger charge is 2.41. The lowest BCUT2D eigenvalue weighted by Gasteiger charge is -2.29. The number of primary sulfonamides is 1. The van der Waals surface area contributed by atoms with Gasteiger partial charge in [-0.15, -0.1) is 23.7 Å². The Kier molecular flexibility index (Phi) is 8.05. The molecule has 158 valence electrons. The van der Waals surface area contributed by atoms with Crippen molar-refractivity contribution in [3.05, 3.63) is 35.8 Å². The summed E-state index contributed by atoms with van der Waals surface area (Å²) in [4.78, 5) is 0. The van der Waals surface area contributed by atoms with E-state index < -0.39 is 25.1 Å². The van der Waals surface area contributed by atoms with Crippen molar-refractivity contribution in [2.75, 3.05) is 12.3 Å². The van der Waals surface area contributed by atoms with Crippen molar-refractivity contribution in [2.24, 2.45) is 5.14 Å². The monoisotopic (exact) mass is 486 g/mol. The SMILES string of the molecule is CCNC1CC(CCSCc2ccco2)S(=O)(=O)c2sc(S(N)(=O)=O)cc21.Cl. The van der Waals surface area contributed by atoms with Gasteiger partial charge in [0.25, 0.3) is 0 Å². The average Bonchev–Trinajstić information content (AvgIpc) is 3.24. The van der Waals surface area contributed by atoms with Crippen LogP contribution in [0.4, 0.5) is 0 Å². The Labute approximate surface area is 179 Å². The van der Waals surface area contributed by atoms with E-state index in [2.05, 4.69) is 5.32 Å². The molecule has 3 heterocycles. The zero-order valence-electron chi connectivity index (χ0n) is 15.2. The van der Waals surface area contributed by atoms with Crippen LogP contribution in [0.1, 0.15) is 37.1 Å². The van der Waals surface area contributed by atoms with Crippen LogP contribution in [0.2, 0.25) is 0 Å². The van der Waals surface area contributed by atoms with Crippen LogP contribution in [-0.4, -0.2) is 34.4 Å². The molecule has 0 fully saturated rings. The fourth-order valence-corrected chi connectivity index (χ4v) is 8.94. The maximum atomic E-state index is 13.0. The number of thioether (sulfide) groups is 1. The van der Waals surface area contributed by atoms with Crippen molar-refractivity contribution in [2.45, 2.75) is 45.2 Å². The highest BCUT2D eigenvalue weighted by atomic mass is 35.5. The fourth-order valence-electron chi connectivity index (χ4n) is 3.13. The lowest BCUT2D eigenvalue weighted by atomic mass is 10.0. The number of thiophene rings is 1. The molecular formula is C16H23ClN2O5S4. The molecule has 2 aromatic rings. The first-order valence-corrected chi connectivity index (χ1v) is 13.5. The maximum absolute atomic E-state index is 13.0. The number of rotatable bonds is 8. The standard InChI is InChI=1S/C16H22N2O5S4.ClH/c1-2-18-14-8-12(5-7-24-10-11-4-3-6-23-11)26(19,20)16-13(14)9-15(25-16)27(17,21)22;/h3-4,6,9,12,14,18H,2,5,7-8,10H2,1H3,(H2,17,21,22);1H. The molecule has 1 aliphatic heterocycles. The number of sulfonamides is 1. The summed E-state index contributed by atoms with van der Waals surface area (Å²) in [6.07, 6.45) is 2.53. The van der Waals surface area contributed by atoms with Crippen LogP contribution in [0.25, 0.3) is 0 Å². The number of hydrogen-bond donors (Lipinski definition) is 2. The summed E-state index contributed by atoms with van der Waals surface area (Å²) in [7, 11) is -7.52. The molecule has 0 saturated heterocycles. The van der Waals surface area contributed by atoms with E-state index in [1.807, 2.05) is 19.1 Å². The van der Waals surface area contributed by atoms with Gasteiger partial charge in [0.1, 0.15) is 14.2 Å². The zero-order valence-corrected chi connectivity index (χ0v) is 19.2. The fraction of sp³-hybridized carbons (Fsp3) is 0.500. The Morgan fingerprint density at radius 1 is 1.43 bits per heavy atom. The van der Waals surface area contributed by atoms with Crippen molar-refractivity contribution < 1.29 is 21.3 Å². The summed E-state index contributed by atoms with van der Waals surface area (Å²) in [5, 5.41) is 7.93. The van der Waals surface area contributed by atoms with Crippen LogP contribution in [0.3, 0.4) is 0 Å². The first kappa shape index (κ1) is 23.7. The lowest BCUT2D eigenvalue weighted by molar-refractivity contribution is 0.464. The summed E-state index contributed by atoms with van der Waals surface area (Å²) in [5.41, 5.74) is 0.519. The highest BCUT2D eigenvalue weighted by molar-refractivity contribution is 7.98. The largest absolute Gasteiger partial charge is 0.468 e. The van der Waals surface area contributed by atoms with Gasteiger partial charge < -0.3 is 9.73 Å². The van der Waals surface area contributed by atoms with Gasteiger partial charge in [0.05, 0.1) is 17.3 Å². The number of hydrogen-bond acceptors (Lipinski definition) is 8. The summed E-state index contributed by atoms with van der Waals surface area (Å²) in [5.74, 6) is 2.22. The van der Waals surface area contributed by atoms with Crippen molar-refractivity contribution in [1.82, 2.24) is 5.32 Å². The average molecular weight is 487 g/mol. The van der Waals surface area contributed by atoms with Crippen LogP contribution in [-0.2, 0) is 25.6 Å². The Balaban J connectivity index is 0.00000280. The highest BCUT2D eigenvalue weighted by Crippen LogP contribution is 2.43. The Morgan fingerprint density at radius 3 is 2.79 bits per heavy atom. The minimum Gasteiger partial charge on any atom is -0.468 e. The van der Waals surface area contributed by atoms with Gasteiger partial charge in [-0.1, -0.05) is 6.92 Å². The molecule has 0 radical (unpaired) electrons. The molecule has 0 bridgehead atoms. The quantitative estimate of drug-likeness (QED) is 0.550. The molecule has 12 heteroatoms. The maximum Gasteiger partial charge on any atom is 0.247 e. The van der Waals surface area contributed by atoms with E-state index in [9.17, 15) is 16.8 Å². The summed E-state index contributed by atoms with van der Waals surface area (Å²) in [6, 6.07) is 4.92. The summed E-state index contributed by atoms with van der Waals surface area (Å²) >= 11 is 2.38. The second-order valence-corrected chi connectivity index (χ2v) is 12.7. The van der Waals surface area contributed by atoms with Crippen LogP contribution in [0, 0.1) is 0 Å². The minimum absolute atomic E-state index is 0. The van der Waals surface area contributed by atoms with Gasteiger partial charge in [-0.3, -0.25) is 0 Å². The molecule has 0 amide bonds. The van der Waals surface area contributed by atoms with E-state index in [4.69, 9.17) is 9.56 Å². The molecule has 0 aliphatic carbocycles. The molecule has 2 unspecified atom stereocenters. The topological polar surface area (TPSA) is 119 Å². The van der Waals surface area contributed by atoms with Gasteiger partial charge in [0, 0.05) is 11.6 Å². The molecule has 0 saturated carbocycles. The van der Waals surface area contributed by atoms with E-state index in [0.29, 0.717) is 36.5 Å². The minimum atomic E-state index is -3.94. The van der Waals surface area contributed by atoms with Gasteiger partial charge in [0.15, 0.2) is 9.84 Å². The lowest BCUT2D eigenvalue weighted by Crippen LogP contribution is -2.35. The number of fused-ring (bicyclic) bond motifs is 1. The molecule has 3 rings (SSSR count). The number of sulfone groups is 1. The van der Waals surface area contributed by atoms with Gasteiger partial charge in [0.2, 0.25) is 10.0 Å². The zero-order chi connectivity index (χ0) is 19.7. The molecule has 2 aromatic heterocycles. The molecule has 7 nitrogen and oxygen atoms in total. The third-order valence-corrected chi connectivity index (χ3v) is 10.8. The van der Waals surface area contributed by atoms with Gasteiger partial charge in [-0.25, -0.2) is 22.0 Å². The molecule has 0 spiro atoms. The molecular weight excluding hydrogens is 464 g/mol. The van der Waals surface area contributed by atoms with Gasteiger partial charge >= 0.3 is 0 Å². The number of furan rings is 1. The predicted octanol–water partition coefficient (Wildman–Crippen LogP) is 2.93. The number of nitrogens with two attached hydrogens (primary N) is 1. The molecule has 0 aromatic carbocycles. The third kappa shape index (κ3) is 5.13. The van der Waals surface area contributed by atoms with Crippen molar-refractivity contribution in [3.8, 4) is 0 Å². The normalized spacial score (nSPS) is 21.1.